The van der Waals surface area contributed by atoms with Crippen molar-refractivity contribution in [1.82, 2.24) is 19.5 Å². The van der Waals surface area contributed by atoms with Gasteiger partial charge in [0, 0.05) is 29.2 Å². The molecule has 1 aromatic carbocycles. The molecule has 0 atom stereocenters. The fourth-order valence-electron chi connectivity index (χ4n) is 3.33. The molecule has 0 saturated heterocycles. The standard InChI is InChI=1S/C24H29F2N5/c1-5-19-10-20(8-9-23(19)31-14-17(4)27-15-31)28-24-29-21(7-6-18(12-25)13-26)11-22(30-24)16(2)3/h8-11,14-15,18H,2,5-7,12-13H2,1,3-4H3,(H,28,29,30). The van der Waals surface area contributed by atoms with E-state index in [0.717, 1.165) is 40.3 Å². The lowest BCUT2D eigenvalue weighted by Crippen LogP contribution is -2.09. The van der Waals surface area contributed by atoms with Crippen LogP contribution in [0.2, 0.25) is 0 Å². The maximum absolute atomic E-state index is 12.9. The fourth-order valence-corrected chi connectivity index (χ4v) is 3.33. The first-order chi connectivity index (χ1) is 14.9. The highest BCUT2D eigenvalue weighted by atomic mass is 19.1. The lowest BCUT2D eigenvalue weighted by Gasteiger charge is -2.14. The van der Waals surface area contributed by atoms with Crippen molar-refractivity contribution in [2.75, 3.05) is 18.7 Å². The van der Waals surface area contributed by atoms with Gasteiger partial charge in [0.15, 0.2) is 0 Å². The summed E-state index contributed by atoms with van der Waals surface area (Å²) in [6.07, 6.45) is 5.54. The van der Waals surface area contributed by atoms with E-state index in [-0.39, 0.29) is 0 Å². The summed E-state index contributed by atoms with van der Waals surface area (Å²) in [4.78, 5) is 13.4. The van der Waals surface area contributed by atoms with Crippen LogP contribution >= 0.6 is 0 Å². The second-order valence-corrected chi connectivity index (χ2v) is 7.81. The summed E-state index contributed by atoms with van der Waals surface area (Å²) < 4.78 is 27.7. The van der Waals surface area contributed by atoms with Crippen LogP contribution in [0.4, 0.5) is 20.4 Å². The lowest BCUT2D eigenvalue weighted by atomic mass is 10.0. The Hall–Kier alpha value is -3.09. The third-order valence-corrected chi connectivity index (χ3v) is 5.17. The molecule has 0 spiro atoms. The van der Waals surface area contributed by atoms with Crippen LogP contribution in [-0.2, 0) is 12.8 Å². The van der Waals surface area contributed by atoms with E-state index in [4.69, 9.17) is 0 Å². The molecule has 164 valence electrons. The van der Waals surface area contributed by atoms with Crippen molar-refractivity contribution < 1.29 is 8.78 Å². The minimum atomic E-state index is -0.664. The minimum Gasteiger partial charge on any atom is -0.324 e. The number of rotatable bonds is 10. The predicted molar refractivity (Wildman–Crippen MR) is 121 cm³/mol. The SMILES string of the molecule is C=C(C)c1cc(CCC(CF)CF)nc(Nc2ccc(-n3cnc(C)c3)c(CC)c2)n1. The molecule has 3 aromatic rings. The van der Waals surface area contributed by atoms with Gasteiger partial charge < -0.3 is 9.88 Å². The third kappa shape index (κ3) is 5.75. The lowest BCUT2D eigenvalue weighted by molar-refractivity contribution is 0.275. The van der Waals surface area contributed by atoms with Gasteiger partial charge in [-0.15, -0.1) is 0 Å². The maximum atomic E-state index is 12.9. The van der Waals surface area contributed by atoms with Crippen LogP contribution in [0.15, 0.2) is 43.4 Å². The first kappa shape index (κ1) is 22.6. The van der Waals surface area contributed by atoms with Gasteiger partial charge in [0.25, 0.3) is 0 Å². The average molecular weight is 426 g/mol. The Bertz CT molecular complexity index is 1040. The number of nitrogens with zero attached hydrogens (tertiary/aromatic N) is 4. The van der Waals surface area contributed by atoms with E-state index < -0.39 is 19.3 Å². The van der Waals surface area contributed by atoms with Crippen LogP contribution in [0, 0.1) is 12.8 Å². The molecular weight excluding hydrogens is 396 g/mol. The number of alkyl halides is 2. The Labute approximate surface area is 182 Å². The van der Waals surface area contributed by atoms with Gasteiger partial charge in [-0.2, -0.15) is 0 Å². The summed E-state index contributed by atoms with van der Waals surface area (Å²) >= 11 is 0. The van der Waals surface area contributed by atoms with Gasteiger partial charge in [-0.3, -0.25) is 8.78 Å². The van der Waals surface area contributed by atoms with Crippen LogP contribution in [0.1, 0.15) is 42.9 Å². The number of hydrogen-bond acceptors (Lipinski definition) is 4. The molecule has 7 heteroatoms. The molecule has 0 unspecified atom stereocenters. The number of aromatic nitrogens is 4. The Morgan fingerprint density at radius 2 is 1.97 bits per heavy atom. The molecule has 5 nitrogen and oxygen atoms in total. The van der Waals surface area contributed by atoms with Crippen LogP contribution in [0.25, 0.3) is 11.3 Å². The van der Waals surface area contributed by atoms with E-state index in [1.54, 1.807) is 0 Å². The molecular formula is C24H29F2N5. The Morgan fingerprint density at radius 3 is 2.58 bits per heavy atom. The zero-order valence-corrected chi connectivity index (χ0v) is 18.3. The molecule has 0 radical (unpaired) electrons. The van der Waals surface area contributed by atoms with Crippen molar-refractivity contribution >= 4 is 17.2 Å². The highest BCUT2D eigenvalue weighted by Crippen LogP contribution is 2.24. The quantitative estimate of drug-likeness (QED) is 0.446. The summed E-state index contributed by atoms with van der Waals surface area (Å²) in [5.74, 6) is -0.146. The first-order valence-corrected chi connectivity index (χ1v) is 10.5. The molecule has 0 amide bonds. The Kier molecular flexibility index (Phi) is 7.50. The highest BCUT2D eigenvalue weighted by molar-refractivity contribution is 5.63. The van der Waals surface area contributed by atoms with Crippen molar-refractivity contribution in [3.63, 3.8) is 0 Å². The van der Waals surface area contributed by atoms with Crippen molar-refractivity contribution in [1.29, 1.82) is 0 Å². The van der Waals surface area contributed by atoms with E-state index in [1.807, 2.05) is 49.1 Å². The first-order valence-electron chi connectivity index (χ1n) is 10.5. The van der Waals surface area contributed by atoms with Gasteiger partial charge >= 0.3 is 0 Å². The molecule has 0 aliphatic carbocycles. The van der Waals surface area contributed by atoms with Crippen molar-refractivity contribution in [2.45, 2.75) is 40.0 Å². The molecule has 2 heterocycles. The van der Waals surface area contributed by atoms with Crippen LogP contribution < -0.4 is 5.32 Å². The molecule has 31 heavy (non-hydrogen) atoms. The monoisotopic (exact) mass is 425 g/mol. The van der Waals surface area contributed by atoms with E-state index in [2.05, 4.69) is 39.8 Å². The average Bonchev–Trinajstić information content (AvgIpc) is 3.20. The van der Waals surface area contributed by atoms with Crippen LogP contribution in [-0.4, -0.2) is 32.9 Å². The number of anilines is 2. The van der Waals surface area contributed by atoms with Crippen molar-refractivity contribution in [2.24, 2.45) is 5.92 Å². The summed E-state index contributed by atoms with van der Waals surface area (Å²) in [6, 6.07) is 7.92. The zero-order valence-electron chi connectivity index (χ0n) is 18.3. The van der Waals surface area contributed by atoms with Crippen LogP contribution in [0.3, 0.4) is 0 Å². The van der Waals surface area contributed by atoms with Crippen LogP contribution in [0.5, 0.6) is 0 Å². The van der Waals surface area contributed by atoms with Gasteiger partial charge in [0.1, 0.15) is 0 Å². The Morgan fingerprint density at radius 1 is 1.19 bits per heavy atom. The molecule has 0 aliphatic rings. The second-order valence-electron chi connectivity index (χ2n) is 7.81. The van der Waals surface area contributed by atoms with Crippen molar-refractivity contribution in [3.05, 3.63) is 66.0 Å². The summed E-state index contributed by atoms with van der Waals surface area (Å²) in [5, 5.41) is 3.28. The molecule has 0 bridgehead atoms. The molecule has 3 rings (SSSR count). The van der Waals surface area contributed by atoms with Gasteiger partial charge in [-0.25, -0.2) is 15.0 Å². The molecule has 2 aromatic heterocycles. The van der Waals surface area contributed by atoms with E-state index in [9.17, 15) is 8.78 Å². The van der Waals surface area contributed by atoms with E-state index in [0.29, 0.717) is 24.5 Å². The Balaban J connectivity index is 1.86. The number of benzene rings is 1. The molecule has 0 aliphatic heterocycles. The second kappa shape index (κ2) is 10.3. The summed E-state index contributed by atoms with van der Waals surface area (Å²) in [6.45, 7) is 8.59. The zero-order chi connectivity index (χ0) is 22.4. The largest absolute Gasteiger partial charge is 0.324 e. The number of allylic oxidation sites excluding steroid dienone is 1. The number of halogens is 2. The number of hydrogen-bond donors (Lipinski definition) is 1. The highest BCUT2D eigenvalue weighted by Gasteiger charge is 2.12. The summed E-state index contributed by atoms with van der Waals surface area (Å²) in [5.41, 5.74) is 6.33. The van der Waals surface area contributed by atoms with E-state index >= 15 is 0 Å². The number of imidazole rings is 1. The molecule has 0 saturated carbocycles. The van der Waals surface area contributed by atoms with E-state index in [1.165, 1.54) is 0 Å². The maximum Gasteiger partial charge on any atom is 0.227 e. The third-order valence-electron chi connectivity index (χ3n) is 5.17. The molecule has 0 fully saturated rings. The number of aryl methyl sites for hydroxylation is 3. The number of nitrogens with one attached hydrogen (secondary N) is 1. The van der Waals surface area contributed by atoms with Gasteiger partial charge in [0.05, 0.1) is 31.1 Å². The smallest absolute Gasteiger partial charge is 0.227 e. The topological polar surface area (TPSA) is 55.6 Å². The van der Waals surface area contributed by atoms with Crippen molar-refractivity contribution in [3.8, 4) is 5.69 Å². The fraction of sp³-hybridized carbons (Fsp3) is 0.375. The van der Waals surface area contributed by atoms with Gasteiger partial charge in [-0.1, -0.05) is 13.5 Å². The summed E-state index contributed by atoms with van der Waals surface area (Å²) in [7, 11) is 0. The van der Waals surface area contributed by atoms with Gasteiger partial charge in [-0.05, 0) is 68.5 Å². The normalized spacial score (nSPS) is 11.2. The van der Waals surface area contributed by atoms with Gasteiger partial charge in [0.2, 0.25) is 5.95 Å². The minimum absolute atomic E-state index is 0.401. The predicted octanol–water partition coefficient (Wildman–Crippen LogP) is 5.80. The molecule has 1 N–H and O–H groups in total.